The number of amides is 1. The molecule has 3 N–H and O–H groups in total. The molecule has 1 aromatic heterocycles. The number of nitrogens with one attached hydrogen (secondary N) is 1. The summed E-state index contributed by atoms with van der Waals surface area (Å²) in [6, 6.07) is 10.9. The molecule has 0 fully saturated rings. The monoisotopic (exact) mass is 271 g/mol. The average molecular weight is 271 g/mol. The number of hydrogen-bond acceptors (Lipinski definition) is 4. The fraction of sp³-hybridized carbons (Fsp3) is 0.200. The summed E-state index contributed by atoms with van der Waals surface area (Å²) in [5, 5.41) is 3.26. The van der Waals surface area contributed by atoms with Gasteiger partial charge in [-0.05, 0) is 36.8 Å². The molecular formula is C15H17N3O2. The van der Waals surface area contributed by atoms with Gasteiger partial charge in [0.2, 0.25) is 11.8 Å². The van der Waals surface area contributed by atoms with Crippen molar-refractivity contribution >= 4 is 11.6 Å². The summed E-state index contributed by atoms with van der Waals surface area (Å²) in [7, 11) is 0. The third-order valence-electron chi connectivity index (χ3n) is 2.77. The van der Waals surface area contributed by atoms with Crippen LogP contribution in [0.2, 0.25) is 0 Å². The van der Waals surface area contributed by atoms with Crippen LogP contribution in [-0.2, 0) is 6.54 Å². The zero-order valence-electron chi connectivity index (χ0n) is 11.3. The van der Waals surface area contributed by atoms with E-state index in [4.69, 9.17) is 10.5 Å². The largest absolute Gasteiger partial charge is 0.476 e. The van der Waals surface area contributed by atoms with Crippen molar-refractivity contribution in [2.24, 2.45) is 5.73 Å². The average Bonchev–Trinajstić information content (AvgIpc) is 2.47. The van der Waals surface area contributed by atoms with E-state index >= 15 is 0 Å². The van der Waals surface area contributed by atoms with Crippen LogP contribution in [0.25, 0.3) is 0 Å². The van der Waals surface area contributed by atoms with Gasteiger partial charge in [0.25, 0.3) is 0 Å². The maximum atomic E-state index is 11.0. The Morgan fingerprint density at radius 3 is 2.70 bits per heavy atom. The van der Waals surface area contributed by atoms with Crippen LogP contribution in [0.4, 0.5) is 5.69 Å². The topological polar surface area (TPSA) is 77.2 Å². The first kappa shape index (κ1) is 13.9. The van der Waals surface area contributed by atoms with E-state index in [1.807, 2.05) is 31.2 Å². The highest BCUT2D eigenvalue weighted by Crippen LogP contribution is 2.21. The first-order valence-electron chi connectivity index (χ1n) is 6.41. The Kier molecular flexibility index (Phi) is 4.55. The highest BCUT2D eigenvalue weighted by molar-refractivity contribution is 5.92. The van der Waals surface area contributed by atoms with E-state index in [0.717, 1.165) is 11.3 Å². The summed E-state index contributed by atoms with van der Waals surface area (Å²) in [5.41, 5.74) is 7.59. The molecule has 0 radical (unpaired) electrons. The van der Waals surface area contributed by atoms with Gasteiger partial charge in [-0.2, -0.15) is 0 Å². The number of pyridine rings is 1. The molecule has 0 saturated heterocycles. The van der Waals surface area contributed by atoms with Gasteiger partial charge in [-0.15, -0.1) is 0 Å². The van der Waals surface area contributed by atoms with Crippen LogP contribution in [0.15, 0.2) is 42.6 Å². The number of nitrogens with two attached hydrogens (primary N) is 1. The van der Waals surface area contributed by atoms with Gasteiger partial charge in [0.1, 0.15) is 0 Å². The lowest BCUT2D eigenvalue weighted by Gasteiger charge is -2.11. The van der Waals surface area contributed by atoms with Crippen LogP contribution in [0, 0.1) is 0 Å². The van der Waals surface area contributed by atoms with Crippen LogP contribution in [-0.4, -0.2) is 17.5 Å². The number of aromatic nitrogens is 1. The Balaban J connectivity index is 2.03. The zero-order chi connectivity index (χ0) is 14.4. The lowest BCUT2D eigenvalue weighted by atomic mass is 10.1. The molecule has 0 spiro atoms. The third-order valence-corrected chi connectivity index (χ3v) is 2.77. The van der Waals surface area contributed by atoms with Gasteiger partial charge < -0.3 is 15.8 Å². The molecule has 0 saturated carbocycles. The van der Waals surface area contributed by atoms with Crippen molar-refractivity contribution < 1.29 is 9.53 Å². The first-order chi connectivity index (χ1) is 9.70. The predicted molar refractivity (Wildman–Crippen MR) is 77.7 cm³/mol. The lowest BCUT2D eigenvalue weighted by molar-refractivity contribution is 0.100. The molecule has 5 heteroatoms. The summed E-state index contributed by atoms with van der Waals surface area (Å²) >= 11 is 0. The number of rotatable bonds is 6. The molecule has 2 aromatic rings. The van der Waals surface area contributed by atoms with Crippen molar-refractivity contribution in [2.75, 3.05) is 11.9 Å². The minimum absolute atomic E-state index is 0.421. The summed E-state index contributed by atoms with van der Waals surface area (Å²) in [4.78, 5) is 15.2. The van der Waals surface area contributed by atoms with E-state index in [2.05, 4.69) is 10.3 Å². The van der Waals surface area contributed by atoms with E-state index < -0.39 is 5.91 Å². The smallest absolute Gasteiger partial charge is 0.248 e. The Bertz CT molecular complexity index is 582. The van der Waals surface area contributed by atoms with Crippen LogP contribution in [0.3, 0.4) is 0 Å². The summed E-state index contributed by atoms with van der Waals surface area (Å²) in [6.45, 7) is 3.10. The van der Waals surface area contributed by atoms with Gasteiger partial charge in [0.15, 0.2) is 0 Å². The third kappa shape index (κ3) is 3.47. The fourth-order valence-electron chi connectivity index (χ4n) is 1.76. The van der Waals surface area contributed by atoms with E-state index in [9.17, 15) is 4.79 Å². The predicted octanol–water partition coefficient (Wildman–Crippen LogP) is 2.19. The molecule has 5 nitrogen and oxygen atoms in total. The first-order valence-corrected chi connectivity index (χ1v) is 6.41. The van der Waals surface area contributed by atoms with Crippen molar-refractivity contribution in [3.63, 3.8) is 0 Å². The molecule has 1 aromatic carbocycles. The second kappa shape index (κ2) is 6.56. The molecular weight excluding hydrogens is 254 g/mol. The number of nitrogens with zero attached hydrogens (tertiary/aromatic N) is 1. The normalized spacial score (nSPS) is 10.1. The number of primary amides is 1. The van der Waals surface area contributed by atoms with Crippen LogP contribution in [0.5, 0.6) is 5.88 Å². The van der Waals surface area contributed by atoms with E-state index in [0.29, 0.717) is 24.6 Å². The molecule has 0 bridgehead atoms. The van der Waals surface area contributed by atoms with Gasteiger partial charge in [0.05, 0.1) is 12.3 Å². The molecule has 1 amide bonds. The highest BCUT2D eigenvalue weighted by Gasteiger charge is 2.04. The van der Waals surface area contributed by atoms with Gasteiger partial charge >= 0.3 is 0 Å². The Labute approximate surface area is 117 Å². The SMILES string of the molecule is CCOc1ncccc1NCc1ccc(C(N)=O)cc1. The van der Waals surface area contributed by atoms with Crippen LogP contribution < -0.4 is 15.8 Å². The van der Waals surface area contributed by atoms with Crippen molar-refractivity contribution in [1.29, 1.82) is 0 Å². The molecule has 0 aliphatic carbocycles. The summed E-state index contributed by atoms with van der Waals surface area (Å²) in [6.07, 6.45) is 1.69. The molecule has 20 heavy (non-hydrogen) atoms. The van der Waals surface area contributed by atoms with Gasteiger partial charge in [-0.1, -0.05) is 12.1 Å². The minimum Gasteiger partial charge on any atom is -0.476 e. The van der Waals surface area contributed by atoms with Crippen molar-refractivity contribution in [3.05, 3.63) is 53.7 Å². The Morgan fingerprint density at radius 2 is 2.05 bits per heavy atom. The standard InChI is InChI=1S/C15H17N3O2/c1-2-20-15-13(4-3-9-17-15)18-10-11-5-7-12(8-6-11)14(16)19/h3-9,18H,2,10H2,1H3,(H2,16,19). The van der Waals surface area contributed by atoms with E-state index in [1.54, 1.807) is 18.3 Å². The molecule has 1 heterocycles. The number of carbonyl (C=O) groups excluding carboxylic acids is 1. The summed E-state index contributed by atoms with van der Waals surface area (Å²) in [5.74, 6) is 0.166. The van der Waals surface area contributed by atoms with Crippen molar-refractivity contribution in [2.45, 2.75) is 13.5 Å². The quantitative estimate of drug-likeness (QED) is 0.844. The Morgan fingerprint density at radius 1 is 1.30 bits per heavy atom. The molecule has 0 aliphatic heterocycles. The highest BCUT2D eigenvalue weighted by atomic mass is 16.5. The van der Waals surface area contributed by atoms with Crippen molar-refractivity contribution in [1.82, 2.24) is 4.98 Å². The molecule has 2 rings (SSSR count). The molecule has 104 valence electrons. The number of hydrogen-bond donors (Lipinski definition) is 2. The zero-order valence-corrected chi connectivity index (χ0v) is 11.3. The van der Waals surface area contributed by atoms with Gasteiger partial charge in [0, 0.05) is 18.3 Å². The maximum absolute atomic E-state index is 11.0. The Hall–Kier alpha value is -2.56. The second-order valence-corrected chi connectivity index (χ2v) is 4.20. The number of carbonyl (C=O) groups is 1. The van der Waals surface area contributed by atoms with Crippen LogP contribution in [0.1, 0.15) is 22.8 Å². The van der Waals surface area contributed by atoms with Gasteiger partial charge in [-0.3, -0.25) is 4.79 Å². The molecule has 0 aliphatic rings. The van der Waals surface area contributed by atoms with E-state index in [-0.39, 0.29) is 0 Å². The number of anilines is 1. The minimum atomic E-state index is -0.421. The number of benzene rings is 1. The number of ether oxygens (including phenoxy) is 1. The van der Waals surface area contributed by atoms with Gasteiger partial charge in [-0.25, -0.2) is 4.98 Å². The van der Waals surface area contributed by atoms with E-state index in [1.165, 1.54) is 0 Å². The van der Waals surface area contributed by atoms with Crippen molar-refractivity contribution in [3.8, 4) is 5.88 Å². The lowest BCUT2D eigenvalue weighted by Crippen LogP contribution is -2.11. The fourth-order valence-corrected chi connectivity index (χ4v) is 1.76. The molecule has 0 atom stereocenters. The second-order valence-electron chi connectivity index (χ2n) is 4.20. The molecule has 0 unspecified atom stereocenters. The maximum Gasteiger partial charge on any atom is 0.248 e. The summed E-state index contributed by atoms with van der Waals surface area (Å²) < 4.78 is 5.44. The van der Waals surface area contributed by atoms with Crippen LogP contribution >= 0.6 is 0 Å².